The number of carbonyl (C=O) groups is 2. The molecule has 4 aliphatic carbocycles. The first-order chi connectivity index (χ1) is 21.7. The number of hydrogen-bond donors (Lipinski definition) is 0. The van der Waals surface area contributed by atoms with E-state index in [-0.39, 0.29) is 30.9 Å². The maximum atomic E-state index is 13.7. The number of carbonyl (C=O) groups excluding carboxylic acids is 2. The number of aromatic nitrogens is 1. The summed E-state index contributed by atoms with van der Waals surface area (Å²) < 4.78 is 12.4. The molecule has 0 aromatic carbocycles. The van der Waals surface area contributed by atoms with Crippen molar-refractivity contribution in [3.8, 4) is 0 Å². The van der Waals surface area contributed by atoms with E-state index in [1.165, 1.54) is 77.0 Å². The molecule has 4 fully saturated rings. The molecule has 0 spiro atoms. The standard InChI is InChI=1S/C37H59N3O4/c41-36(39(32-16-5-1-6-17-32)33-18-7-2-8-19-33)28-43-26-30(25-31-15-13-14-24-38-31)27-44-29-37(42)40(34-20-9-3-10-21-34)35-22-11-4-12-23-35/h13-15,24,30,32-35H,1-12,16-23,25-29H2. The van der Waals surface area contributed by atoms with Crippen molar-refractivity contribution in [2.45, 2.75) is 159 Å². The fourth-order valence-corrected chi connectivity index (χ4v) is 8.60. The SMILES string of the molecule is O=C(COCC(COCC(=O)N(C1CCCCC1)C1CCCCC1)Cc1ccccn1)N(C1CCCCC1)C1CCCCC1. The van der Waals surface area contributed by atoms with E-state index in [2.05, 4.69) is 14.8 Å². The first kappa shape index (κ1) is 33.4. The lowest BCUT2D eigenvalue weighted by Gasteiger charge is -2.42. The van der Waals surface area contributed by atoms with Crippen molar-refractivity contribution >= 4 is 11.8 Å². The molecule has 246 valence electrons. The second-order valence-corrected chi connectivity index (χ2v) is 14.2. The van der Waals surface area contributed by atoms with Gasteiger partial charge in [0.1, 0.15) is 13.2 Å². The monoisotopic (exact) mass is 609 g/mol. The van der Waals surface area contributed by atoms with E-state index in [0.29, 0.717) is 43.8 Å². The van der Waals surface area contributed by atoms with Crippen LogP contribution in [0.5, 0.6) is 0 Å². The molecule has 0 bridgehead atoms. The molecule has 0 atom stereocenters. The van der Waals surface area contributed by atoms with Gasteiger partial charge in [0.15, 0.2) is 0 Å². The van der Waals surface area contributed by atoms with E-state index >= 15 is 0 Å². The molecule has 4 aliphatic rings. The van der Waals surface area contributed by atoms with Gasteiger partial charge < -0.3 is 19.3 Å². The van der Waals surface area contributed by atoms with Crippen molar-refractivity contribution in [2.75, 3.05) is 26.4 Å². The summed E-state index contributed by atoms with van der Waals surface area (Å²) in [6.45, 7) is 1.10. The van der Waals surface area contributed by atoms with Gasteiger partial charge in [0, 0.05) is 42.0 Å². The van der Waals surface area contributed by atoms with E-state index in [0.717, 1.165) is 57.1 Å². The highest BCUT2D eigenvalue weighted by Gasteiger charge is 2.34. The maximum absolute atomic E-state index is 13.7. The zero-order valence-corrected chi connectivity index (χ0v) is 27.3. The highest BCUT2D eigenvalue weighted by Crippen LogP contribution is 2.32. The van der Waals surface area contributed by atoms with Crippen LogP contribution >= 0.6 is 0 Å². The molecule has 4 saturated carbocycles. The van der Waals surface area contributed by atoms with Gasteiger partial charge in [0.2, 0.25) is 11.8 Å². The molecule has 7 nitrogen and oxygen atoms in total. The minimum absolute atomic E-state index is 0.0288. The Morgan fingerprint density at radius 3 is 1.34 bits per heavy atom. The predicted octanol–water partition coefficient (Wildman–Crippen LogP) is 7.26. The normalized spacial score (nSPS) is 21.4. The van der Waals surface area contributed by atoms with Crippen LogP contribution in [-0.4, -0.2) is 77.2 Å². The fraction of sp³-hybridized carbons (Fsp3) is 0.811. The Bertz CT molecular complexity index is 872. The topological polar surface area (TPSA) is 72.0 Å². The summed E-state index contributed by atoms with van der Waals surface area (Å²) in [6.07, 6.45) is 26.5. The molecule has 0 aliphatic heterocycles. The van der Waals surface area contributed by atoms with Gasteiger partial charge in [-0.1, -0.05) is 83.1 Å². The number of rotatable bonds is 14. The summed E-state index contributed by atoms with van der Waals surface area (Å²) in [5.41, 5.74) is 0.986. The van der Waals surface area contributed by atoms with E-state index in [9.17, 15) is 9.59 Å². The molecule has 5 rings (SSSR count). The predicted molar refractivity (Wildman–Crippen MR) is 174 cm³/mol. The van der Waals surface area contributed by atoms with Gasteiger partial charge in [-0.2, -0.15) is 0 Å². The number of pyridine rings is 1. The van der Waals surface area contributed by atoms with E-state index in [1.54, 1.807) is 0 Å². The third-order valence-electron chi connectivity index (χ3n) is 10.8. The molecule has 1 aromatic rings. The summed E-state index contributed by atoms with van der Waals surface area (Å²) in [5.74, 6) is 0.347. The summed E-state index contributed by atoms with van der Waals surface area (Å²) in [5, 5.41) is 0. The highest BCUT2D eigenvalue weighted by atomic mass is 16.5. The summed E-state index contributed by atoms with van der Waals surface area (Å²) in [7, 11) is 0. The first-order valence-electron chi connectivity index (χ1n) is 18.4. The Labute approximate surface area is 266 Å². The first-order valence-corrected chi connectivity index (χ1v) is 18.4. The third kappa shape index (κ3) is 10.0. The van der Waals surface area contributed by atoms with Crippen molar-refractivity contribution < 1.29 is 19.1 Å². The largest absolute Gasteiger partial charge is 0.371 e. The Morgan fingerprint density at radius 2 is 1.00 bits per heavy atom. The van der Waals surface area contributed by atoms with Crippen molar-refractivity contribution in [3.05, 3.63) is 30.1 Å². The molecule has 1 heterocycles. The van der Waals surface area contributed by atoms with Gasteiger partial charge in [-0.15, -0.1) is 0 Å². The van der Waals surface area contributed by atoms with E-state index in [1.807, 2.05) is 24.4 Å². The zero-order valence-electron chi connectivity index (χ0n) is 27.3. The van der Waals surface area contributed by atoms with Crippen LogP contribution in [-0.2, 0) is 25.5 Å². The van der Waals surface area contributed by atoms with Crippen LogP contribution in [0.3, 0.4) is 0 Å². The lowest BCUT2D eigenvalue weighted by atomic mass is 9.88. The summed E-state index contributed by atoms with van der Waals surface area (Å²) >= 11 is 0. The molecule has 44 heavy (non-hydrogen) atoms. The number of nitrogens with zero attached hydrogens (tertiary/aromatic N) is 3. The maximum Gasteiger partial charge on any atom is 0.249 e. The number of amides is 2. The van der Waals surface area contributed by atoms with Gasteiger partial charge >= 0.3 is 0 Å². The second-order valence-electron chi connectivity index (χ2n) is 14.2. The van der Waals surface area contributed by atoms with Crippen LogP contribution in [0.25, 0.3) is 0 Å². The van der Waals surface area contributed by atoms with Crippen LogP contribution in [0.1, 0.15) is 134 Å². The quantitative estimate of drug-likeness (QED) is 0.222. The lowest BCUT2D eigenvalue weighted by Crippen LogP contribution is -2.50. The van der Waals surface area contributed by atoms with Crippen LogP contribution in [0.15, 0.2) is 24.4 Å². The average Bonchev–Trinajstić information content (AvgIpc) is 3.07. The Balaban J connectivity index is 1.16. The van der Waals surface area contributed by atoms with Gasteiger partial charge in [-0.05, 0) is 69.9 Å². The van der Waals surface area contributed by atoms with Crippen LogP contribution < -0.4 is 0 Å². The fourth-order valence-electron chi connectivity index (χ4n) is 8.60. The summed E-state index contributed by atoms with van der Waals surface area (Å²) in [4.78, 5) is 36.4. The van der Waals surface area contributed by atoms with Crippen LogP contribution in [0, 0.1) is 5.92 Å². The van der Waals surface area contributed by atoms with Gasteiger partial charge in [0.25, 0.3) is 0 Å². The molecule has 0 N–H and O–H groups in total. The Morgan fingerprint density at radius 1 is 0.614 bits per heavy atom. The third-order valence-corrected chi connectivity index (χ3v) is 10.8. The van der Waals surface area contributed by atoms with Crippen molar-refractivity contribution in [2.24, 2.45) is 5.92 Å². The van der Waals surface area contributed by atoms with Crippen molar-refractivity contribution in [1.29, 1.82) is 0 Å². The smallest absolute Gasteiger partial charge is 0.249 e. The molecule has 0 radical (unpaired) electrons. The molecule has 2 amide bonds. The Hall–Kier alpha value is -1.99. The van der Waals surface area contributed by atoms with Gasteiger partial charge in [-0.3, -0.25) is 14.6 Å². The molecular weight excluding hydrogens is 550 g/mol. The zero-order chi connectivity index (χ0) is 30.4. The van der Waals surface area contributed by atoms with Gasteiger partial charge in [-0.25, -0.2) is 0 Å². The van der Waals surface area contributed by atoms with Crippen LogP contribution in [0.4, 0.5) is 0 Å². The number of hydrogen-bond acceptors (Lipinski definition) is 5. The van der Waals surface area contributed by atoms with Crippen molar-refractivity contribution in [3.63, 3.8) is 0 Å². The van der Waals surface area contributed by atoms with Crippen molar-refractivity contribution in [1.82, 2.24) is 14.8 Å². The molecule has 1 aromatic heterocycles. The van der Waals surface area contributed by atoms with E-state index in [4.69, 9.17) is 9.47 Å². The summed E-state index contributed by atoms with van der Waals surface area (Å²) in [6, 6.07) is 7.46. The highest BCUT2D eigenvalue weighted by molar-refractivity contribution is 5.78. The minimum Gasteiger partial charge on any atom is -0.371 e. The lowest BCUT2D eigenvalue weighted by molar-refractivity contribution is -0.144. The Kier molecular flexibility index (Phi) is 13.8. The van der Waals surface area contributed by atoms with E-state index < -0.39 is 0 Å². The van der Waals surface area contributed by atoms with Crippen LogP contribution in [0.2, 0.25) is 0 Å². The minimum atomic E-state index is 0.0288. The number of ether oxygens (including phenoxy) is 2. The molecule has 7 heteroatoms. The molecule has 0 saturated heterocycles. The van der Waals surface area contributed by atoms with Gasteiger partial charge in [0.05, 0.1) is 13.2 Å². The second kappa shape index (κ2) is 18.2. The molecule has 0 unspecified atom stereocenters. The molecular formula is C37H59N3O4. The average molecular weight is 610 g/mol.